The second-order valence-electron chi connectivity index (χ2n) is 5.57. The van der Waals surface area contributed by atoms with Gasteiger partial charge in [-0.2, -0.15) is 0 Å². The molecule has 0 atom stereocenters. The second-order valence-corrected chi connectivity index (χ2v) is 5.57. The summed E-state index contributed by atoms with van der Waals surface area (Å²) in [5.41, 5.74) is 2.94. The van der Waals surface area contributed by atoms with E-state index in [4.69, 9.17) is 0 Å². The molecule has 0 amide bonds. The van der Waals surface area contributed by atoms with E-state index in [9.17, 15) is 4.79 Å². The fraction of sp³-hybridized carbons (Fsp3) is 0.562. The molecular formula is C16H20O. The Kier molecular flexibility index (Phi) is 3.00. The highest BCUT2D eigenvalue weighted by Crippen LogP contribution is 2.38. The lowest BCUT2D eigenvalue weighted by atomic mass is 9.77. The first kappa shape index (κ1) is 11.0. The van der Waals surface area contributed by atoms with Gasteiger partial charge in [-0.1, -0.05) is 30.7 Å². The molecule has 1 heteroatoms. The fourth-order valence-corrected chi connectivity index (χ4v) is 2.75. The van der Waals surface area contributed by atoms with Crippen molar-refractivity contribution in [2.45, 2.75) is 50.9 Å². The van der Waals surface area contributed by atoms with Crippen molar-refractivity contribution in [3.05, 3.63) is 35.4 Å². The molecule has 17 heavy (non-hydrogen) atoms. The van der Waals surface area contributed by atoms with Gasteiger partial charge in [-0.25, -0.2) is 0 Å². The topological polar surface area (TPSA) is 17.1 Å². The van der Waals surface area contributed by atoms with E-state index in [0.29, 0.717) is 11.7 Å². The Morgan fingerprint density at radius 1 is 1.12 bits per heavy atom. The number of hydrogen-bond acceptors (Lipinski definition) is 1. The Bertz CT molecular complexity index is 413. The molecule has 0 aromatic heterocycles. The van der Waals surface area contributed by atoms with Crippen LogP contribution in [0.1, 0.15) is 55.6 Å². The summed E-state index contributed by atoms with van der Waals surface area (Å²) in [5.74, 6) is 1.70. The Labute approximate surface area is 103 Å². The van der Waals surface area contributed by atoms with Gasteiger partial charge in [-0.3, -0.25) is 4.79 Å². The maximum Gasteiger partial charge on any atom is 0.136 e. The van der Waals surface area contributed by atoms with Gasteiger partial charge in [0.05, 0.1) is 0 Å². The average Bonchev–Trinajstić information content (AvgIpc) is 3.09. The molecule has 1 aromatic rings. The van der Waals surface area contributed by atoms with Crippen molar-refractivity contribution >= 4 is 5.78 Å². The van der Waals surface area contributed by atoms with Gasteiger partial charge in [0.2, 0.25) is 0 Å². The van der Waals surface area contributed by atoms with E-state index >= 15 is 0 Å². The molecule has 0 spiro atoms. The number of carbonyl (C=O) groups excluding carboxylic acids is 1. The normalized spacial score (nSPS) is 20.0. The summed E-state index contributed by atoms with van der Waals surface area (Å²) in [6.07, 6.45) is 8.06. The van der Waals surface area contributed by atoms with Crippen molar-refractivity contribution in [3.63, 3.8) is 0 Å². The highest BCUT2D eigenvalue weighted by atomic mass is 16.1. The van der Waals surface area contributed by atoms with Crippen LogP contribution in [0.2, 0.25) is 0 Å². The molecule has 0 bridgehead atoms. The first-order valence-electron chi connectivity index (χ1n) is 6.95. The number of carbonyl (C=O) groups is 1. The minimum absolute atomic E-state index is 0.422. The molecule has 1 aromatic carbocycles. The van der Waals surface area contributed by atoms with Crippen LogP contribution in [-0.2, 0) is 11.2 Å². The van der Waals surface area contributed by atoms with E-state index in [1.54, 1.807) is 0 Å². The van der Waals surface area contributed by atoms with Crippen LogP contribution in [-0.4, -0.2) is 5.78 Å². The van der Waals surface area contributed by atoms with Crippen LogP contribution < -0.4 is 0 Å². The Morgan fingerprint density at radius 3 is 2.53 bits per heavy atom. The SMILES string of the molecule is O=C(CCc1ccccc1C1CCC1)C1CC1. The quantitative estimate of drug-likeness (QED) is 0.747. The smallest absolute Gasteiger partial charge is 0.136 e. The molecule has 0 unspecified atom stereocenters. The van der Waals surface area contributed by atoms with Crippen molar-refractivity contribution in [1.82, 2.24) is 0 Å². The van der Waals surface area contributed by atoms with Crippen LogP contribution in [0.25, 0.3) is 0 Å². The van der Waals surface area contributed by atoms with Crippen LogP contribution >= 0.6 is 0 Å². The maximum absolute atomic E-state index is 11.7. The van der Waals surface area contributed by atoms with Gasteiger partial charge < -0.3 is 0 Å². The predicted molar refractivity (Wildman–Crippen MR) is 69.1 cm³/mol. The summed E-state index contributed by atoms with van der Waals surface area (Å²) in [4.78, 5) is 11.7. The van der Waals surface area contributed by atoms with Crippen LogP contribution in [0.15, 0.2) is 24.3 Å². The van der Waals surface area contributed by atoms with E-state index in [-0.39, 0.29) is 0 Å². The molecule has 0 radical (unpaired) electrons. The molecule has 2 aliphatic carbocycles. The highest BCUT2D eigenvalue weighted by molar-refractivity contribution is 5.83. The number of ketones is 1. The van der Waals surface area contributed by atoms with Crippen LogP contribution in [0.5, 0.6) is 0 Å². The lowest BCUT2D eigenvalue weighted by Crippen LogP contribution is -2.12. The maximum atomic E-state index is 11.7. The zero-order valence-electron chi connectivity index (χ0n) is 10.3. The molecule has 90 valence electrons. The van der Waals surface area contributed by atoms with Crippen molar-refractivity contribution < 1.29 is 4.79 Å². The van der Waals surface area contributed by atoms with Crippen molar-refractivity contribution in [1.29, 1.82) is 0 Å². The molecule has 2 saturated carbocycles. The van der Waals surface area contributed by atoms with Crippen molar-refractivity contribution in [3.8, 4) is 0 Å². The monoisotopic (exact) mass is 228 g/mol. The molecule has 2 aliphatic rings. The van der Waals surface area contributed by atoms with Gasteiger partial charge in [-0.05, 0) is 49.1 Å². The minimum atomic E-state index is 0.422. The van der Waals surface area contributed by atoms with Crippen LogP contribution in [0, 0.1) is 5.92 Å². The third kappa shape index (κ3) is 2.43. The fourth-order valence-electron chi connectivity index (χ4n) is 2.75. The largest absolute Gasteiger partial charge is 0.299 e. The summed E-state index contributed by atoms with van der Waals surface area (Å²) >= 11 is 0. The summed E-state index contributed by atoms with van der Waals surface area (Å²) in [6, 6.07) is 8.73. The van der Waals surface area contributed by atoms with Crippen molar-refractivity contribution in [2.24, 2.45) is 5.92 Å². The van der Waals surface area contributed by atoms with Gasteiger partial charge >= 0.3 is 0 Å². The standard InChI is InChI=1S/C16H20O/c17-16(14-8-9-14)11-10-13-4-1-2-7-15(13)12-5-3-6-12/h1-2,4,7,12,14H,3,5-6,8-11H2. The Balaban J connectivity index is 1.66. The summed E-state index contributed by atoms with van der Waals surface area (Å²) in [5, 5.41) is 0. The lowest BCUT2D eigenvalue weighted by Gasteiger charge is -2.28. The molecule has 1 nitrogen and oxygen atoms in total. The molecule has 3 rings (SSSR count). The number of aryl methyl sites for hydroxylation is 1. The molecule has 0 saturated heterocycles. The van der Waals surface area contributed by atoms with E-state index in [1.807, 2.05) is 0 Å². The van der Waals surface area contributed by atoms with E-state index in [0.717, 1.165) is 31.6 Å². The average molecular weight is 228 g/mol. The zero-order chi connectivity index (χ0) is 11.7. The van der Waals surface area contributed by atoms with Crippen LogP contribution in [0.3, 0.4) is 0 Å². The predicted octanol–water partition coefficient (Wildman–Crippen LogP) is 3.87. The molecule has 0 N–H and O–H groups in total. The van der Waals surface area contributed by atoms with Gasteiger partial charge in [0.1, 0.15) is 5.78 Å². The first-order chi connectivity index (χ1) is 8.34. The van der Waals surface area contributed by atoms with Gasteiger partial charge in [0, 0.05) is 12.3 Å². The van der Waals surface area contributed by atoms with E-state index < -0.39 is 0 Å². The number of rotatable bonds is 5. The lowest BCUT2D eigenvalue weighted by molar-refractivity contribution is -0.120. The van der Waals surface area contributed by atoms with Crippen LogP contribution in [0.4, 0.5) is 0 Å². The molecule has 0 aliphatic heterocycles. The number of Topliss-reactive ketones (excluding diaryl/α,β-unsaturated/α-hetero) is 1. The van der Waals surface area contributed by atoms with Gasteiger partial charge in [-0.15, -0.1) is 0 Å². The number of benzene rings is 1. The molecule has 2 fully saturated rings. The summed E-state index contributed by atoms with van der Waals surface area (Å²) in [6.45, 7) is 0. The Hall–Kier alpha value is -1.11. The summed E-state index contributed by atoms with van der Waals surface area (Å²) in [7, 11) is 0. The summed E-state index contributed by atoms with van der Waals surface area (Å²) < 4.78 is 0. The number of hydrogen-bond donors (Lipinski definition) is 0. The van der Waals surface area contributed by atoms with E-state index in [2.05, 4.69) is 24.3 Å². The second kappa shape index (κ2) is 4.64. The zero-order valence-corrected chi connectivity index (χ0v) is 10.3. The first-order valence-corrected chi connectivity index (χ1v) is 6.95. The highest BCUT2D eigenvalue weighted by Gasteiger charge is 2.29. The third-order valence-corrected chi connectivity index (χ3v) is 4.27. The molecule has 0 heterocycles. The van der Waals surface area contributed by atoms with E-state index in [1.165, 1.54) is 30.4 Å². The van der Waals surface area contributed by atoms with Crippen molar-refractivity contribution in [2.75, 3.05) is 0 Å². The van der Waals surface area contributed by atoms with Gasteiger partial charge in [0.25, 0.3) is 0 Å². The third-order valence-electron chi connectivity index (χ3n) is 4.27. The minimum Gasteiger partial charge on any atom is -0.299 e. The Morgan fingerprint density at radius 2 is 1.88 bits per heavy atom. The molecular weight excluding hydrogens is 208 g/mol. The van der Waals surface area contributed by atoms with Gasteiger partial charge in [0.15, 0.2) is 0 Å².